The Balaban J connectivity index is 1.78. The Morgan fingerprint density at radius 2 is 1.96 bits per heavy atom. The van der Waals surface area contributed by atoms with Crippen LogP contribution < -0.4 is 10.0 Å². The van der Waals surface area contributed by atoms with Crippen LogP contribution in [0.1, 0.15) is 6.92 Å². The van der Waals surface area contributed by atoms with Crippen molar-refractivity contribution in [3.8, 4) is 11.3 Å². The standard InChI is InChI=1S/C13H10ClN5O4S2/c1-7(20)15-12-16-17-13(24-12)25(21,22)19-11-6-10(18-23-11)8-2-4-9(14)5-3-8/h2-6,19H,1H3,(H,15,16,20). The molecule has 0 saturated carbocycles. The molecule has 12 heteroatoms. The predicted molar refractivity (Wildman–Crippen MR) is 92.0 cm³/mol. The van der Waals surface area contributed by atoms with E-state index in [1.165, 1.54) is 13.0 Å². The maximum absolute atomic E-state index is 12.3. The molecule has 1 amide bonds. The van der Waals surface area contributed by atoms with Crippen molar-refractivity contribution < 1.29 is 17.7 Å². The zero-order valence-corrected chi connectivity index (χ0v) is 14.9. The molecular formula is C13H10ClN5O4S2. The van der Waals surface area contributed by atoms with Crippen molar-refractivity contribution in [1.82, 2.24) is 15.4 Å². The van der Waals surface area contributed by atoms with Crippen LogP contribution in [0.3, 0.4) is 0 Å². The number of amides is 1. The molecule has 130 valence electrons. The Bertz CT molecular complexity index is 1010. The quantitative estimate of drug-likeness (QED) is 0.631. The Morgan fingerprint density at radius 3 is 2.64 bits per heavy atom. The van der Waals surface area contributed by atoms with Gasteiger partial charge in [-0.1, -0.05) is 40.2 Å². The van der Waals surface area contributed by atoms with Crippen molar-refractivity contribution >= 4 is 49.9 Å². The van der Waals surface area contributed by atoms with Crippen molar-refractivity contribution in [1.29, 1.82) is 0 Å². The predicted octanol–water partition coefficient (Wildman–Crippen LogP) is 2.61. The first kappa shape index (κ1) is 17.3. The molecule has 3 aromatic rings. The van der Waals surface area contributed by atoms with E-state index in [1.807, 2.05) is 0 Å². The van der Waals surface area contributed by atoms with E-state index in [4.69, 9.17) is 16.1 Å². The molecule has 1 aromatic carbocycles. The summed E-state index contributed by atoms with van der Waals surface area (Å²) in [6, 6.07) is 8.24. The van der Waals surface area contributed by atoms with Crippen molar-refractivity contribution in [3.05, 3.63) is 35.4 Å². The van der Waals surface area contributed by atoms with Crippen LogP contribution >= 0.6 is 22.9 Å². The van der Waals surface area contributed by atoms with Crippen LogP contribution in [0.2, 0.25) is 5.02 Å². The second-order valence-corrected chi connectivity index (χ2v) is 8.01. The second-order valence-electron chi connectivity index (χ2n) is 4.74. The summed E-state index contributed by atoms with van der Waals surface area (Å²) in [5.74, 6) is -0.461. The maximum Gasteiger partial charge on any atom is 0.293 e. The summed E-state index contributed by atoms with van der Waals surface area (Å²) in [5, 5.41) is 13.9. The van der Waals surface area contributed by atoms with Gasteiger partial charge < -0.3 is 9.84 Å². The lowest BCUT2D eigenvalue weighted by atomic mass is 10.1. The molecule has 0 fully saturated rings. The average molecular weight is 400 g/mol. The minimum absolute atomic E-state index is 0.0762. The topological polar surface area (TPSA) is 127 Å². The molecule has 0 radical (unpaired) electrons. The van der Waals surface area contributed by atoms with Crippen LogP contribution in [0.25, 0.3) is 11.3 Å². The van der Waals surface area contributed by atoms with E-state index in [1.54, 1.807) is 24.3 Å². The van der Waals surface area contributed by atoms with Gasteiger partial charge in [0.1, 0.15) is 5.69 Å². The van der Waals surface area contributed by atoms with Gasteiger partial charge in [-0.05, 0) is 12.1 Å². The molecule has 0 aliphatic heterocycles. The van der Waals surface area contributed by atoms with Gasteiger partial charge in [0.2, 0.25) is 16.9 Å². The molecule has 0 atom stereocenters. The number of aromatic nitrogens is 3. The molecule has 3 rings (SSSR count). The number of carbonyl (C=O) groups excluding carboxylic acids is 1. The Morgan fingerprint density at radius 1 is 1.24 bits per heavy atom. The first-order valence-electron chi connectivity index (χ1n) is 6.70. The van der Waals surface area contributed by atoms with Gasteiger partial charge in [-0.15, -0.1) is 10.2 Å². The van der Waals surface area contributed by atoms with E-state index in [9.17, 15) is 13.2 Å². The molecule has 0 spiro atoms. The molecular weight excluding hydrogens is 390 g/mol. The van der Waals surface area contributed by atoms with Crippen LogP contribution in [-0.2, 0) is 14.8 Å². The number of halogens is 1. The minimum atomic E-state index is -4.02. The van der Waals surface area contributed by atoms with Crippen molar-refractivity contribution in [3.63, 3.8) is 0 Å². The van der Waals surface area contributed by atoms with Gasteiger partial charge in [0.05, 0.1) is 0 Å². The number of nitrogens with zero attached hydrogens (tertiary/aromatic N) is 3. The van der Waals surface area contributed by atoms with Gasteiger partial charge in [-0.25, -0.2) is 4.72 Å². The number of anilines is 2. The fourth-order valence-corrected chi connectivity index (χ4v) is 3.82. The molecule has 2 N–H and O–H groups in total. The summed E-state index contributed by atoms with van der Waals surface area (Å²) in [6.45, 7) is 1.28. The largest absolute Gasteiger partial charge is 0.337 e. The third-order valence-corrected chi connectivity index (χ3v) is 5.61. The zero-order chi connectivity index (χ0) is 18.0. The molecule has 0 aliphatic rings. The fourth-order valence-electron chi connectivity index (χ4n) is 1.78. The highest BCUT2D eigenvalue weighted by Gasteiger charge is 2.22. The highest BCUT2D eigenvalue weighted by molar-refractivity contribution is 7.94. The van der Waals surface area contributed by atoms with Gasteiger partial charge in [-0.3, -0.25) is 4.79 Å². The fraction of sp³-hybridized carbons (Fsp3) is 0.0769. The number of benzene rings is 1. The van der Waals surface area contributed by atoms with Crippen LogP contribution in [-0.4, -0.2) is 29.7 Å². The van der Waals surface area contributed by atoms with Gasteiger partial charge in [0.15, 0.2) is 0 Å². The van der Waals surface area contributed by atoms with E-state index in [2.05, 4.69) is 25.4 Å². The number of carbonyl (C=O) groups is 1. The summed E-state index contributed by atoms with van der Waals surface area (Å²) in [4.78, 5) is 11.0. The minimum Gasteiger partial charge on any atom is -0.337 e. The Hall–Kier alpha value is -2.50. The number of hydrogen-bond donors (Lipinski definition) is 2. The van der Waals surface area contributed by atoms with E-state index < -0.39 is 10.0 Å². The first-order chi connectivity index (χ1) is 11.8. The van der Waals surface area contributed by atoms with E-state index >= 15 is 0 Å². The van der Waals surface area contributed by atoms with Gasteiger partial charge in [0, 0.05) is 23.6 Å². The van der Waals surface area contributed by atoms with Crippen molar-refractivity contribution in [2.45, 2.75) is 11.3 Å². The molecule has 2 heterocycles. The summed E-state index contributed by atoms with van der Waals surface area (Å²) in [7, 11) is -4.02. The third kappa shape index (κ3) is 4.13. The Labute approximate surface area is 151 Å². The SMILES string of the molecule is CC(=O)Nc1nnc(S(=O)(=O)Nc2cc(-c3ccc(Cl)cc3)no2)s1. The first-order valence-corrected chi connectivity index (χ1v) is 9.38. The summed E-state index contributed by atoms with van der Waals surface area (Å²) in [5.41, 5.74) is 1.15. The number of sulfonamides is 1. The number of hydrogen-bond acceptors (Lipinski definition) is 8. The lowest BCUT2D eigenvalue weighted by Crippen LogP contribution is -2.12. The van der Waals surface area contributed by atoms with Crippen LogP contribution in [0.5, 0.6) is 0 Å². The monoisotopic (exact) mass is 399 g/mol. The molecule has 0 unspecified atom stereocenters. The van der Waals surface area contributed by atoms with E-state index in [-0.39, 0.29) is 21.3 Å². The Kier molecular flexibility index (Phi) is 4.70. The summed E-state index contributed by atoms with van der Waals surface area (Å²) in [6.07, 6.45) is 0. The summed E-state index contributed by atoms with van der Waals surface area (Å²) >= 11 is 6.53. The molecule has 25 heavy (non-hydrogen) atoms. The zero-order valence-electron chi connectivity index (χ0n) is 12.6. The normalized spacial score (nSPS) is 11.3. The maximum atomic E-state index is 12.3. The smallest absolute Gasteiger partial charge is 0.293 e. The lowest BCUT2D eigenvalue weighted by Gasteiger charge is -1.99. The highest BCUT2D eigenvalue weighted by Crippen LogP contribution is 2.26. The van der Waals surface area contributed by atoms with Crippen LogP contribution in [0, 0.1) is 0 Å². The van der Waals surface area contributed by atoms with Crippen molar-refractivity contribution in [2.75, 3.05) is 10.0 Å². The van der Waals surface area contributed by atoms with Crippen LogP contribution in [0.15, 0.2) is 39.2 Å². The van der Waals surface area contributed by atoms with Crippen LogP contribution in [0.4, 0.5) is 11.0 Å². The molecule has 0 aliphatic carbocycles. The molecule has 9 nitrogen and oxygen atoms in total. The highest BCUT2D eigenvalue weighted by atomic mass is 35.5. The molecule has 0 saturated heterocycles. The summed E-state index contributed by atoms with van der Waals surface area (Å²) < 4.78 is 31.4. The van der Waals surface area contributed by atoms with Gasteiger partial charge in [0.25, 0.3) is 14.4 Å². The van der Waals surface area contributed by atoms with E-state index in [0.29, 0.717) is 27.6 Å². The number of nitrogens with one attached hydrogen (secondary N) is 2. The third-order valence-electron chi connectivity index (χ3n) is 2.80. The molecule has 2 aromatic heterocycles. The second kappa shape index (κ2) is 6.78. The van der Waals surface area contributed by atoms with Gasteiger partial charge in [-0.2, -0.15) is 8.42 Å². The average Bonchev–Trinajstić information content (AvgIpc) is 3.17. The van der Waals surface area contributed by atoms with Crippen molar-refractivity contribution in [2.24, 2.45) is 0 Å². The lowest BCUT2D eigenvalue weighted by molar-refractivity contribution is -0.114. The number of rotatable bonds is 5. The molecule has 0 bridgehead atoms. The van der Waals surface area contributed by atoms with E-state index in [0.717, 1.165) is 0 Å². The van der Waals surface area contributed by atoms with Gasteiger partial charge >= 0.3 is 0 Å².